The largest absolute Gasteiger partial charge is 0.400 e. The molecule has 4 heterocycles. The monoisotopic (exact) mass is 354 g/mol. The molecular weight excluding hydrogens is 348 g/mol. The molecule has 2 aliphatic heterocycles. The number of hydrogen-bond acceptors (Lipinski definition) is 10. The van der Waals surface area contributed by atoms with Crippen LogP contribution in [0.3, 0.4) is 0 Å². The van der Waals surface area contributed by atoms with E-state index in [2.05, 4.69) is 9.68 Å². The van der Waals surface area contributed by atoms with Gasteiger partial charge >= 0.3 is 34.8 Å². The summed E-state index contributed by atoms with van der Waals surface area (Å²) in [5.74, 6) is -4.25. The maximum absolute atomic E-state index is 12.4. The van der Waals surface area contributed by atoms with Crippen molar-refractivity contribution < 1.29 is 34.0 Å². The van der Waals surface area contributed by atoms with Crippen molar-refractivity contribution in [3.8, 4) is 0 Å². The van der Waals surface area contributed by atoms with Gasteiger partial charge in [0.1, 0.15) is 0 Å². The number of imidazole rings is 1. The summed E-state index contributed by atoms with van der Waals surface area (Å²) in [5.41, 5.74) is -8.05. The molecule has 14 nitrogen and oxygen atoms in total. The molecule has 0 amide bonds. The van der Waals surface area contributed by atoms with E-state index in [1.165, 1.54) is 0 Å². The average Bonchev–Trinajstić information content (AvgIpc) is 2.82. The lowest BCUT2D eigenvalue weighted by molar-refractivity contribution is -0.176. The van der Waals surface area contributed by atoms with Gasteiger partial charge in [-0.3, -0.25) is 9.78 Å². The highest BCUT2D eigenvalue weighted by molar-refractivity contribution is 5.91. The van der Waals surface area contributed by atoms with Crippen molar-refractivity contribution in [1.29, 1.82) is 0 Å². The zero-order valence-electron chi connectivity index (χ0n) is 11.9. The Kier molecular flexibility index (Phi) is 2.64. The van der Waals surface area contributed by atoms with E-state index in [0.29, 0.717) is 0 Å². The zero-order valence-corrected chi connectivity index (χ0v) is 11.9. The molecule has 0 aliphatic carbocycles. The van der Waals surface area contributed by atoms with Crippen LogP contribution in [0, 0.1) is 0 Å². The van der Waals surface area contributed by atoms with Crippen molar-refractivity contribution in [1.82, 2.24) is 19.2 Å². The Bertz CT molecular complexity index is 1160. The van der Waals surface area contributed by atoms with E-state index in [1.807, 2.05) is 4.98 Å². The first kappa shape index (κ1) is 14.9. The average molecular weight is 354 g/mol. The van der Waals surface area contributed by atoms with Gasteiger partial charge in [0.15, 0.2) is 16.8 Å². The number of aliphatic hydroxyl groups is 1. The Morgan fingerprint density at radius 2 is 1.48 bits per heavy atom. The molecule has 0 saturated carbocycles. The molecule has 25 heavy (non-hydrogen) atoms. The number of H-pyrrole nitrogens is 1. The maximum atomic E-state index is 12.4. The normalized spacial score (nSPS) is 22.5. The predicted octanol–water partition coefficient (Wildman–Crippen LogP) is -4.94. The summed E-state index contributed by atoms with van der Waals surface area (Å²) in [6, 6.07) is 0. The van der Waals surface area contributed by atoms with Gasteiger partial charge in [0.2, 0.25) is 0 Å². The maximum Gasteiger partial charge on any atom is 0.400 e. The highest BCUT2D eigenvalue weighted by Gasteiger charge is 2.47. The third kappa shape index (κ3) is 1.87. The Morgan fingerprint density at radius 1 is 0.880 bits per heavy atom. The number of nitrogens with one attached hydrogen (secondary N) is 1. The SMILES string of the molecule is O=C1CC2(O)CC(=O)On3c(=O)[nH]c4c3c(=O)n(c(=O)n4OC2=O)O1. The van der Waals surface area contributed by atoms with E-state index in [9.17, 15) is 33.9 Å². The van der Waals surface area contributed by atoms with Gasteiger partial charge in [0, 0.05) is 0 Å². The number of aromatic amines is 1. The van der Waals surface area contributed by atoms with Crippen LogP contribution in [0.5, 0.6) is 0 Å². The van der Waals surface area contributed by atoms with Crippen molar-refractivity contribution in [3.63, 3.8) is 0 Å². The van der Waals surface area contributed by atoms with Gasteiger partial charge in [0.25, 0.3) is 0 Å². The highest BCUT2D eigenvalue weighted by atomic mass is 16.7. The van der Waals surface area contributed by atoms with Crippen LogP contribution in [-0.4, -0.2) is 47.8 Å². The van der Waals surface area contributed by atoms with Crippen LogP contribution in [0.25, 0.3) is 11.2 Å². The molecule has 0 saturated heterocycles. The van der Waals surface area contributed by atoms with Crippen molar-refractivity contribution >= 4 is 29.1 Å². The first-order valence-electron chi connectivity index (χ1n) is 6.61. The third-order valence-corrected chi connectivity index (χ3v) is 3.59. The molecule has 0 aromatic carbocycles. The number of fused-ring (bicyclic) bond motifs is 3. The molecule has 4 rings (SSSR count). The minimum absolute atomic E-state index is 0.0907. The summed E-state index contributed by atoms with van der Waals surface area (Å²) in [4.78, 5) is 88.5. The Morgan fingerprint density at radius 3 is 2.12 bits per heavy atom. The molecule has 14 heteroatoms. The van der Waals surface area contributed by atoms with Crippen LogP contribution in [0.2, 0.25) is 0 Å². The molecular formula is C11H6N4O10. The second-order valence-corrected chi connectivity index (χ2v) is 5.29. The molecule has 130 valence electrons. The van der Waals surface area contributed by atoms with Crippen LogP contribution >= 0.6 is 0 Å². The van der Waals surface area contributed by atoms with Gasteiger partial charge in [-0.1, -0.05) is 9.46 Å². The minimum Gasteiger partial charge on any atom is -0.377 e. The Balaban J connectivity index is 2.25. The van der Waals surface area contributed by atoms with Gasteiger partial charge < -0.3 is 19.6 Å². The van der Waals surface area contributed by atoms with Crippen LogP contribution in [0.15, 0.2) is 14.4 Å². The summed E-state index contributed by atoms with van der Waals surface area (Å²) in [7, 11) is 0. The number of rotatable bonds is 0. The van der Waals surface area contributed by atoms with Gasteiger partial charge in [-0.15, -0.1) is 4.73 Å². The topological polar surface area (TPSA) is 181 Å². The van der Waals surface area contributed by atoms with Gasteiger partial charge in [-0.05, 0) is 0 Å². The molecule has 2 aliphatic rings. The molecule has 0 radical (unpaired) electrons. The lowest BCUT2D eigenvalue weighted by atomic mass is 9.96. The van der Waals surface area contributed by atoms with Crippen LogP contribution < -0.4 is 31.5 Å². The standard InChI is InChI=1S/C11H6N4O10/c16-3-1-11(22)2-4(17)24-15-7(18)5-6(12-9(20)13(5)23-3)14(10(15)21)25-8(11)19/h22H,1-2H2,(H,12,20). The zero-order chi connectivity index (χ0) is 18.1. The van der Waals surface area contributed by atoms with Crippen LogP contribution in [0.4, 0.5) is 0 Å². The number of nitrogens with zero attached hydrogens (tertiary/aromatic N) is 3. The van der Waals surface area contributed by atoms with Crippen LogP contribution in [-0.2, 0) is 14.4 Å². The third-order valence-electron chi connectivity index (χ3n) is 3.59. The summed E-state index contributed by atoms with van der Waals surface area (Å²) in [5, 5.41) is 10.3. The van der Waals surface area contributed by atoms with Crippen molar-refractivity contribution in [2.75, 3.05) is 0 Å². The van der Waals surface area contributed by atoms with Crippen LogP contribution in [0.1, 0.15) is 12.8 Å². The lowest BCUT2D eigenvalue weighted by Gasteiger charge is -2.22. The highest BCUT2D eigenvalue weighted by Crippen LogP contribution is 2.19. The second-order valence-electron chi connectivity index (χ2n) is 5.29. The first-order chi connectivity index (χ1) is 11.7. The van der Waals surface area contributed by atoms with Gasteiger partial charge in [-0.25, -0.2) is 24.0 Å². The summed E-state index contributed by atoms with van der Waals surface area (Å²) in [6.07, 6.45) is -2.22. The fourth-order valence-corrected chi connectivity index (χ4v) is 2.48. The number of carbonyl (C=O) groups is 3. The van der Waals surface area contributed by atoms with E-state index < -0.39 is 64.5 Å². The fraction of sp³-hybridized carbons (Fsp3) is 0.273. The van der Waals surface area contributed by atoms with Gasteiger partial charge in [-0.2, -0.15) is 0 Å². The summed E-state index contributed by atoms with van der Waals surface area (Å²) in [6.45, 7) is 0. The van der Waals surface area contributed by atoms with E-state index in [0.717, 1.165) is 0 Å². The number of hydrogen-bond donors (Lipinski definition) is 2. The first-order valence-corrected chi connectivity index (χ1v) is 6.61. The Hall–Kier alpha value is -3.68. The molecule has 0 fully saturated rings. The quantitative estimate of drug-likeness (QED) is 0.465. The van der Waals surface area contributed by atoms with E-state index in [1.54, 1.807) is 0 Å². The lowest BCUT2D eigenvalue weighted by Crippen LogP contribution is -2.51. The Labute approximate surface area is 133 Å². The van der Waals surface area contributed by atoms with E-state index in [4.69, 9.17) is 4.84 Å². The second kappa shape index (κ2) is 4.44. The minimum atomic E-state index is -2.75. The predicted molar refractivity (Wildman–Crippen MR) is 70.0 cm³/mol. The molecule has 0 spiro atoms. The number of carbonyl (C=O) groups excluding carboxylic acids is 3. The van der Waals surface area contributed by atoms with E-state index >= 15 is 0 Å². The molecule has 2 aromatic rings. The molecule has 1 unspecified atom stereocenters. The van der Waals surface area contributed by atoms with Crippen molar-refractivity contribution in [2.45, 2.75) is 18.4 Å². The molecule has 2 N–H and O–H groups in total. The van der Waals surface area contributed by atoms with E-state index in [-0.39, 0.29) is 14.2 Å². The molecule has 2 aromatic heterocycles. The molecule has 6 bridgehead atoms. The number of aromatic nitrogens is 4. The van der Waals surface area contributed by atoms with Crippen molar-refractivity contribution in [3.05, 3.63) is 31.3 Å². The smallest absolute Gasteiger partial charge is 0.377 e. The fourth-order valence-electron chi connectivity index (χ4n) is 2.48. The summed E-state index contributed by atoms with van der Waals surface area (Å²) < 4.78 is 0.248. The molecule has 1 atom stereocenters. The van der Waals surface area contributed by atoms with Crippen molar-refractivity contribution in [2.24, 2.45) is 0 Å². The van der Waals surface area contributed by atoms with Gasteiger partial charge in [0.05, 0.1) is 12.8 Å². The summed E-state index contributed by atoms with van der Waals surface area (Å²) >= 11 is 0.